The van der Waals surface area contributed by atoms with E-state index in [1.54, 1.807) is 0 Å². The van der Waals surface area contributed by atoms with E-state index in [9.17, 15) is 21.1 Å². The van der Waals surface area contributed by atoms with Crippen LogP contribution in [0.2, 0.25) is 0 Å². The molecule has 0 heterocycles. The second kappa shape index (κ2) is 1.77. The quantitative estimate of drug-likeness (QED) is 0.292. The Balaban J connectivity index is 3.54. The first kappa shape index (κ1) is 6.87. The fourth-order valence-electron chi connectivity index (χ4n) is 0. The molecule has 0 saturated heterocycles. The molecule has 0 spiro atoms. The number of rotatable bonds is 1. The van der Waals surface area contributed by atoms with E-state index in [4.69, 9.17) is 0 Å². The Labute approximate surface area is 37.5 Å². The van der Waals surface area contributed by atoms with Crippen molar-refractivity contribution in [3.05, 3.63) is 0 Å². The maximum atomic E-state index is 10.6. The van der Waals surface area contributed by atoms with Crippen molar-refractivity contribution in [3.63, 3.8) is 0 Å². The van der Waals surface area contributed by atoms with Crippen LogP contribution in [0.5, 0.6) is 0 Å². The smallest absolute Gasteiger partial charge is 0.234 e. The van der Waals surface area contributed by atoms with Crippen LogP contribution in [-0.4, -0.2) is 15.1 Å². The average molecular weight is 136 g/mol. The van der Waals surface area contributed by atoms with Gasteiger partial charge in [0.25, 0.3) is 0 Å². The summed E-state index contributed by atoms with van der Waals surface area (Å²) in [5.41, 5.74) is 0. The summed E-state index contributed by atoms with van der Waals surface area (Å²) >= 11 is 0. The first-order valence-corrected chi connectivity index (χ1v) is 3.00. The molecule has 0 fully saturated rings. The van der Waals surface area contributed by atoms with E-state index >= 15 is 0 Å². The summed E-state index contributed by atoms with van der Waals surface area (Å²) in [7, 11) is -6.57. The summed E-state index contributed by atoms with van der Waals surface area (Å²) in [6, 6.07) is -4.06. The fraction of sp³-hybridized carbons (Fsp3) is 1.00. The molecule has 0 radical (unpaired) electrons. The Morgan fingerprint density at radius 3 is 1.14 bits per heavy atom. The van der Waals surface area contributed by atoms with Gasteiger partial charge in [0.15, 0.2) is 0 Å². The van der Waals surface area contributed by atoms with Gasteiger partial charge in [0.1, 0.15) is 0 Å². The van der Waals surface area contributed by atoms with Gasteiger partial charge in [0, 0.05) is 0 Å². The number of hydrogen-bond acceptors (Lipinski definition) is 0. The summed E-state index contributed by atoms with van der Waals surface area (Å²) in [6.07, 6.45) is 0. The molecule has 0 saturated carbocycles. The van der Waals surface area contributed by atoms with E-state index in [1.165, 1.54) is 0 Å². The molecule has 0 aromatic carbocycles. The molecule has 0 aliphatic rings. The molecule has 0 aromatic heterocycles. The molecule has 0 aliphatic carbocycles. The highest BCUT2D eigenvalue weighted by molar-refractivity contribution is 6.59. The highest BCUT2D eigenvalue weighted by Crippen LogP contribution is 2.17. The zero-order chi connectivity index (χ0) is 6.08. The molecule has 0 N–H and O–H groups in total. The second-order valence-electron chi connectivity index (χ2n) is 0.842. The first-order chi connectivity index (χ1) is 2.94. The zero-order valence-corrected chi connectivity index (χ0v) is 3.97. The second-order valence-corrected chi connectivity index (χ2v) is 2.36. The highest BCUT2D eigenvalue weighted by atomic mass is 28.5. The summed E-state index contributed by atoms with van der Waals surface area (Å²) in [5, 5.41) is 0. The summed E-state index contributed by atoms with van der Waals surface area (Å²) in [5.74, 6) is 0. The van der Waals surface area contributed by atoms with E-state index in [0.717, 1.165) is 0 Å². The van der Waals surface area contributed by atoms with Gasteiger partial charge in [-0.2, -0.15) is 0 Å². The lowest BCUT2D eigenvalue weighted by molar-refractivity contribution is 0.173. The summed E-state index contributed by atoms with van der Waals surface area (Å²) in [4.78, 5) is 0. The third-order valence-electron chi connectivity index (χ3n) is 0.247. The Hall–Kier alpha value is -0.133. The Morgan fingerprint density at radius 1 is 1.00 bits per heavy atom. The van der Waals surface area contributed by atoms with Gasteiger partial charge < -0.3 is 0 Å². The van der Waals surface area contributed by atoms with Gasteiger partial charge in [0.2, 0.25) is 0 Å². The Morgan fingerprint density at radius 2 is 1.14 bits per heavy atom. The van der Waals surface area contributed by atoms with Crippen molar-refractivity contribution in [1.82, 2.24) is 0 Å². The Kier molecular flexibility index (Phi) is 1.73. The SMILES string of the molecule is FC(F)[Si](F)(F)F. The van der Waals surface area contributed by atoms with E-state index < -0.39 is 15.1 Å². The molecule has 44 valence electrons. The lowest BCUT2D eigenvalue weighted by Crippen LogP contribution is -2.26. The monoisotopic (exact) mass is 136 g/mol. The van der Waals surface area contributed by atoms with Crippen molar-refractivity contribution in [3.8, 4) is 0 Å². The molecular weight excluding hydrogens is 135 g/mol. The molecule has 6 heteroatoms. The lowest BCUT2D eigenvalue weighted by atomic mass is 11.7. The molecule has 0 aromatic rings. The van der Waals surface area contributed by atoms with Crippen LogP contribution in [0.4, 0.5) is 21.1 Å². The average Bonchev–Trinajstić information content (AvgIpc) is 1.31. The fourth-order valence-corrected chi connectivity index (χ4v) is 0. The first-order valence-electron chi connectivity index (χ1n) is 1.29. The molecule has 0 unspecified atom stereocenters. The number of halogens is 5. The number of hydrogen-bond donors (Lipinski definition) is 0. The highest BCUT2D eigenvalue weighted by Gasteiger charge is 2.49. The van der Waals surface area contributed by atoms with E-state index in [-0.39, 0.29) is 0 Å². The predicted molar refractivity (Wildman–Crippen MR) is 15.1 cm³/mol. The van der Waals surface area contributed by atoms with Crippen LogP contribution in [0.3, 0.4) is 0 Å². The van der Waals surface area contributed by atoms with Crippen molar-refractivity contribution in [1.29, 1.82) is 0 Å². The molecule has 0 rings (SSSR count). The van der Waals surface area contributed by atoms with E-state index in [1.807, 2.05) is 0 Å². The minimum Gasteiger partial charge on any atom is -0.234 e. The summed E-state index contributed by atoms with van der Waals surface area (Å²) < 4.78 is 52.7. The Bertz CT molecular complexity index is 53.6. The van der Waals surface area contributed by atoms with Crippen LogP contribution in [0.1, 0.15) is 0 Å². The minimum absolute atomic E-state index is 4.06. The molecular formula is CHF5Si. The topological polar surface area (TPSA) is 0 Å². The normalized spacial score (nSPS) is 12.9. The van der Waals surface area contributed by atoms with Gasteiger partial charge in [-0.15, -0.1) is 0 Å². The van der Waals surface area contributed by atoms with Gasteiger partial charge in [-0.1, -0.05) is 0 Å². The molecule has 0 aliphatic heterocycles. The van der Waals surface area contributed by atoms with Gasteiger partial charge >= 0.3 is 15.1 Å². The third kappa shape index (κ3) is 2.55. The standard InChI is InChI=1S/CHF5Si/c2-1(3)7(4,5)6/h1H. The van der Waals surface area contributed by atoms with Crippen LogP contribution in [0, 0.1) is 0 Å². The minimum atomic E-state index is -6.57. The van der Waals surface area contributed by atoms with E-state index in [2.05, 4.69) is 0 Å². The number of alkyl halides is 2. The van der Waals surface area contributed by atoms with Crippen LogP contribution in [0.15, 0.2) is 0 Å². The molecule has 0 amide bonds. The van der Waals surface area contributed by atoms with Gasteiger partial charge in [-0.3, -0.25) is 0 Å². The van der Waals surface area contributed by atoms with Crippen molar-refractivity contribution < 1.29 is 21.1 Å². The largest absolute Gasteiger partial charge is 0.686 e. The van der Waals surface area contributed by atoms with Crippen molar-refractivity contribution >= 4 is 9.08 Å². The maximum Gasteiger partial charge on any atom is 0.686 e. The lowest BCUT2D eigenvalue weighted by Gasteiger charge is -1.95. The predicted octanol–water partition coefficient (Wildman–Crippen LogP) is 1.64. The molecule has 0 nitrogen and oxygen atoms in total. The van der Waals surface area contributed by atoms with Crippen LogP contribution < -0.4 is 0 Å². The van der Waals surface area contributed by atoms with Gasteiger partial charge in [-0.05, 0) is 0 Å². The molecule has 0 bridgehead atoms. The van der Waals surface area contributed by atoms with Gasteiger partial charge in [-0.25, -0.2) is 21.1 Å². The van der Waals surface area contributed by atoms with Crippen LogP contribution in [0.25, 0.3) is 0 Å². The van der Waals surface area contributed by atoms with Crippen molar-refractivity contribution in [2.75, 3.05) is 0 Å². The molecule has 7 heavy (non-hydrogen) atoms. The van der Waals surface area contributed by atoms with E-state index in [0.29, 0.717) is 0 Å². The van der Waals surface area contributed by atoms with Crippen molar-refractivity contribution in [2.45, 2.75) is 6.05 Å². The van der Waals surface area contributed by atoms with Crippen molar-refractivity contribution in [2.24, 2.45) is 0 Å². The van der Waals surface area contributed by atoms with Crippen LogP contribution >= 0.6 is 0 Å². The van der Waals surface area contributed by atoms with Crippen LogP contribution in [-0.2, 0) is 0 Å². The summed E-state index contributed by atoms with van der Waals surface area (Å²) in [6.45, 7) is 0. The third-order valence-corrected chi connectivity index (χ3v) is 0.742. The maximum absolute atomic E-state index is 10.6. The molecule has 0 atom stereocenters. The van der Waals surface area contributed by atoms with Gasteiger partial charge in [0.05, 0.1) is 0 Å². The zero-order valence-electron chi connectivity index (χ0n) is 2.97.